The molecule has 0 aromatic heterocycles. The molecule has 0 saturated carbocycles. The third kappa shape index (κ3) is 4.39. The van der Waals surface area contributed by atoms with Gasteiger partial charge in [0.2, 0.25) is 5.91 Å². The maximum absolute atomic E-state index is 13.9. The van der Waals surface area contributed by atoms with Crippen LogP contribution in [0.1, 0.15) is 55.7 Å². The minimum absolute atomic E-state index is 0.00744. The van der Waals surface area contributed by atoms with Gasteiger partial charge in [0.25, 0.3) is 0 Å². The number of fused-ring (bicyclic) bond motifs is 5. The Hall–Kier alpha value is -4.11. The zero-order valence-electron chi connectivity index (χ0n) is 23.9. The van der Waals surface area contributed by atoms with Crippen LogP contribution in [0.4, 0.5) is 5.69 Å². The molecule has 206 valence electrons. The minimum atomic E-state index is -0.161. The first kappa shape index (κ1) is 25.8. The summed E-state index contributed by atoms with van der Waals surface area (Å²) in [6.07, 6.45) is 5.71. The molecule has 2 heterocycles. The van der Waals surface area contributed by atoms with Gasteiger partial charge >= 0.3 is 0 Å². The van der Waals surface area contributed by atoms with Gasteiger partial charge in [-0.25, -0.2) is 0 Å². The second-order valence-corrected chi connectivity index (χ2v) is 11.9. The molecular weight excluding hydrogens is 500 g/mol. The van der Waals surface area contributed by atoms with Gasteiger partial charge in [0.1, 0.15) is 6.17 Å². The summed E-state index contributed by atoms with van der Waals surface area (Å²) in [4.78, 5) is 18.7. The molecule has 3 heteroatoms. The Labute approximate surface area is 243 Å². The lowest BCUT2D eigenvalue weighted by Gasteiger charge is -2.39. The van der Waals surface area contributed by atoms with E-state index in [0.29, 0.717) is 12.3 Å². The van der Waals surface area contributed by atoms with Crippen LogP contribution in [0.2, 0.25) is 0 Å². The molecule has 5 aromatic rings. The topological polar surface area (TPSA) is 23.6 Å². The molecule has 5 aromatic carbocycles. The van der Waals surface area contributed by atoms with Crippen LogP contribution < -0.4 is 4.90 Å². The van der Waals surface area contributed by atoms with Gasteiger partial charge in [-0.15, -0.1) is 0 Å². The molecule has 0 spiro atoms. The summed E-state index contributed by atoms with van der Waals surface area (Å²) in [6, 6.07) is 39.7. The number of benzene rings is 5. The van der Waals surface area contributed by atoms with Gasteiger partial charge in [-0.3, -0.25) is 4.79 Å². The molecule has 41 heavy (non-hydrogen) atoms. The van der Waals surface area contributed by atoms with Crippen molar-refractivity contribution in [3.8, 4) is 0 Å². The van der Waals surface area contributed by atoms with E-state index in [2.05, 4.69) is 126 Å². The smallest absolute Gasteiger partial charge is 0.224 e. The summed E-state index contributed by atoms with van der Waals surface area (Å²) < 4.78 is 0. The van der Waals surface area contributed by atoms with Crippen LogP contribution in [0.5, 0.6) is 0 Å². The molecule has 7 rings (SSSR count). The highest BCUT2D eigenvalue weighted by Crippen LogP contribution is 2.55. The lowest BCUT2D eigenvalue weighted by molar-refractivity contribution is -0.132. The summed E-state index contributed by atoms with van der Waals surface area (Å²) in [5, 5.41) is 5.15. The number of amides is 1. The number of carbonyl (C=O) groups excluding carboxylic acids is 1. The quantitative estimate of drug-likeness (QED) is 0.185. The van der Waals surface area contributed by atoms with Crippen molar-refractivity contribution in [2.45, 2.75) is 63.6 Å². The van der Waals surface area contributed by atoms with Gasteiger partial charge in [-0.2, -0.15) is 0 Å². The first-order valence-electron chi connectivity index (χ1n) is 15.3. The van der Waals surface area contributed by atoms with Crippen LogP contribution in [0.25, 0.3) is 21.5 Å². The van der Waals surface area contributed by atoms with Crippen molar-refractivity contribution in [1.82, 2.24) is 4.90 Å². The van der Waals surface area contributed by atoms with Gasteiger partial charge in [-0.1, -0.05) is 123 Å². The van der Waals surface area contributed by atoms with E-state index in [1.807, 2.05) is 0 Å². The maximum Gasteiger partial charge on any atom is 0.224 e. The average Bonchev–Trinajstić information content (AvgIpc) is 3.51. The molecule has 2 atom stereocenters. The Kier molecular flexibility index (Phi) is 6.74. The number of nitrogens with zero attached hydrogens (tertiary/aromatic N) is 2. The van der Waals surface area contributed by atoms with Gasteiger partial charge in [0, 0.05) is 30.6 Å². The predicted octanol–water partition coefficient (Wildman–Crippen LogP) is 8.63. The van der Waals surface area contributed by atoms with E-state index in [-0.39, 0.29) is 11.6 Å². The van der Waals surface area contributed by atoms with Crippen molar-refractivity contribution >= 4 is 33.1 Å². The van der Waals surface area contributed by atoms with Crippen molar-refractivity contribution in [1.29, 1.82) is 0 Å². The maximum atomic E-state index is 13.9. The molecule has 1 fully saturated rings. The molecule has 0 bridgehead atoms. The highest BCUT2D eigenvalue weighted by atomic mass is 16.2. The third-order valence-corrected chi connectivity index (χ3v) is 9.55. The Morgan fingerprint density at radius 3 is 2.15 bits per heavy atom. The highest BCUT2D eigenvalue weighted by molar-refractivity contribution is 5.88. The summed E-state index contributed by atoms with van der Waals surface area (Å²) in [5.41, 5.74) is 5.18. The van der Waals surface area contributed by atoms with Crippen LogP contribution in [-0.4, -0.2) is 23.5 Å². The van der Waals surface area contributed by atoms with E-state index in [1.165, 1.54) is 43.9 Å². The Bertz CT molecular complexity index is 1710. The molecule has 0 aliphatic carbocycles. The molecule has 2 aliphatic rings. The number of anilines is 1. The fourth-order valence-corrected chi connectivity index (χ4v) is 7.66. The number of para-hydroxylation sites is 1. The summed E-state index contributed by atoms with van der Waals surface area (Å²) in [5.74, 6) is 0.305. The first-order chi connectivity index (χ1) is 20.2. The van der Waals surface area contributed by atoms with Crippen LogP contribution in [0.3, 0.4) is 0 Å². The molecule has 3 nitrogen and oxygen atoms in total. The number of likely N-dealkylation sites (tertiary alicyclic amines) is 1. The van der Waals surface area contributed by atoms with Crippen molar-refractivity contribution in [2.24, 2.45) is 0 Å². The Morgan fingerprint density at radius 2 is 1.39 bits per heavy atom. The van der Waals surface area contributed by atoms with Crippen LogP contribution in [-0.2, 0) is 23.2 Å². The second-order valence-electron chi connectivity index (χ2n) is 11.9. The summed E-state index contributed by atoms with van der Waals surface area (Å²) in [6.45, 7) is 3.79. The van der Waals surface area contributed by atoms with Gasteiger partial charge in [0.05, 0.1) is 0 Å². The van der Waals surface area contributed by atoms with Crippen molar-refractivity contribution in [3.05, 3.63) is 126 Å². The predicted molar refractivity (Wildman–Crippen MR) is 170 cm³/mol. The van der Waals surface area contributed by atoms with E-state index in [9.17, 15) is 4.79 Å². The van der Waals surface area contributed by atoms with Crippen LogP contribution in [0.15, 0.2) is 109 Å². The molecule has 2 unspecified atom stereocenters. The molecule has 2 aliphatic heterocycles. The lowest BCUT2D eigenvalue weighted by Crippen LogP contribution is -2.52. The number of rotatable bonds is 8. The molecule has 1 saturated heterocycles. The van der Waals surface area contributed by atoms with Gasteiger partial charge in [0.15, 0.2) is 0 Å². The van der Waals surface area contributed by atoms with E-state index in [0.717, 1.165) is 45.2 Å². The second kappa shape index (κ2) is 10.7. The Morgan fingerprint density at radius 1 is 0.756 bits per heavy atom. The summed E-state index contributed by atoms with van der Waals surface area (Å²) in [7, 11) is 0. The molecule has 0 radical (unpaired) electrons. The number of hydrogen-bond acceptors (Lipinski definition) is 2. The fourth-order valence-electron chi connectivity index (χ4n) is 7.66. The first-order valence-corrected chi connectivity index (χ1v) is 15.3. The van der Waals surface area contributed by atoms with Crippen molar-refractivity contribution < 1.29 is 4.79 Å². The monoisotopic (exact) mass is 538 g/mol. The molecular formula is C38H38N2O. The van der Waals surface area contributed by atoms with Crippen molar-refractivity contribution in [3.63, 3.8) is 0 Å². The fraction of sp³-hybridized carbons (Fsp3) is 0.289. The van der Waals surface area contributed by atoms with Crippen LogP contribution >= 0.6 is 0 Å². The molecule has 0 N–H and O–H groups in total. The van der Waals surface area contributed by atoms with Crippen LogP contribution in [0, 0.1) is 0 Å². The Balaban J connectivity index is 1.36. The van der Waals surface area contributed by atoms with E-state index in [1.54, 1.807) is 0 Å². The van der Waals surface area contributed by atoms with Gasteiger partial charge < -0.3 is 9.80 Å². The van der Waals surface area contributed by atoms with Crippen molar-refractivity contribution in [2.75, 3.05) is 11.4 Å². The van der Waals surface area contributed by atoms with E-state index < -0.39 is 0 Å². The summed E-state index contributed by atoms with van der Waals surface area (Å²) >= 11 is 0. The highest BCUT2D eigenvalue weighted by Gasteiger charge is 2.58. The lowest BCUT2D eigenvalue weighted by atomic mass is 9.73. The minimum Gasteiger partial charge on any atom is -0.346 e. The third-order valence-electron chi connectivity index (χ3n) is 9.55. The zero-order chi connectivity index (χ0) is 27.8. The zero-order valence-corrected chi connectivity index (χ0v) is 23.9. The number of unbranched alkanes of at least 4 members (excludes halogenated alkanes) is 2. The number of carbonyl (C=O) groups is 1. The SMILES string of the molecule is CCCCCC(=O)N1CCC2(Cc3cccc4ccccc34)c3ccccc3N(Cc3cccc4ccccc34)C12. The average molecular weight is 539 g/mol. The van der Waals surface area contributed by atoms with E-state index in [4.69, 9.17) is 0 Å². The number of hydrogen-bond donors (Lipinski definition) is 0. The largest absolute Gasteiger partial charge is 0.346 e. The standard InChI is InChI=1S/C38H38N2O/c1-2-3-4-23-36(41)39-25-24-38(26-30-17-11-15-28-13-5-7-19-32(28)30)34-21-9-10-22-35(34)40(37(38)39)27-31-18-12-16-29-14-6-8-20-33(29)31/h5-22,37H,2-4,23-27H2,1H3. The normalized spacial score (nSPS) is 19.6. The van der Waals surface area contributed by atoms with E-state index >= 15 is 0 Å². The molecule has 1 amide bonds. The van der Waals surface area contributed by atoms with Gasteiger partial charge in [-0.05, 0) is 63.6 Å².